The summed E-state index contributed by atoms with van der Waals surface area (Å²) < 4.78 is 32.6. The van der Waals surface area contributed by atoms with Crippen molar-refractivity contribution in [1.82, 2.24) is 0 Å². The van der Waals surface area contributed by atoms with Gasteiger partial charge < -0.3 is 9.64 Å². The maximum atomic E-state index is 13.9. The molecule has 148 valence electrons. The smallest absolute Gasteiger partial charge is 0.151 e. The normalized spacial score (nSPS) is 15.5. The molecule has 2 aromatic rings. The van der Waals surface area contributed by atoms with Crippen LogP contribution in [0.2, 0.25) is 0 Å². The molecule has 0 aliphatic carbocycles. The van der Waals surface area contributed by atoms with Crippen LogP contribution >= 0.6 is 0 Å². The van der Waals surface area contributed by atoms with Gasteiger partial charge in [-0.15, -0.1) is 0 Å². The number of methoxy groups -OCH3 is 1. The zero-order valence-corrected chi connectivity index (χ0v) is 17.0. The first-order chi connectivity index (χ1) is 13.3. The molecule has 0 amide bonds. The summed E-state index contributed by atoms with van der Waals surface area (Å²) in [5.74, 6) is -0.654. The summed E-state index contributed by atoms with van der Waals surface area (Å²) in [6.07, 6.45) is 4.86. The SMILES string of the molecule is CCCN1c2cc(OC)c(C=Nc3ccc(F)cc3F)cc2C(C)=CC1(C)C. The fraction of sp³-hybridized carbons (Fsp3) is 0.348. The Morgan fingerprint density at radius 3 is 2.57 bits per heavy atom. The van der Waals surface area contributed by atoms with Gasteiger partial charge in [-0.25, -0.2) is 8.78 Å². The molecule has 5 heteroatoms. The average molecular weight is 384 g/mol. The van der Waals surface area contributed by atoms with Crippen molar-refractivity contribution in [3.63, 3.8) is 0 Å². The highest BCUT2D eigenvalue weighted by molar-refractivity contribution is 5.92. The van der Waals surface area contributed by atoms with Crippen LogP contribution in [0.15, 0.2) is 41.4 Å². The maximum Gasteiger partial charge on any atom is 0.151 e. The first-order valence-corrected chi connectivity index (χ1v) is 9.45. The topological polar surface area (TPSA) is 24.8 Å². The van der Waals surface area contributed by atoms with Gasteiger partial charge >= 0.3 is 0 Å². The van der Waals surface area contributed by atoms with Crippen molar-refractivity contribution in [3.05, 3.63) is 59.2 Å². The molecule has 1 heterocycles. The van der Waals surface area contributed by atoms with Gasteiger partial charge in [0.25, 0.3) is 0 Å². The van der Waals surface area contributed by atoms with Crippen LogP contribution in [-0.2, 0) is 0 Å². The lowest BCUT2D eigenvalue weighted by Gasteiger charge is -2.43. The number of allylic oxidation sites excluding steroid dienone is 1. The number of aliphatic imine (C=N–C) groups is 1. The third-order valence-corrected chi connectivity index (χ3v) is 5.03. The van der Waals surface area contributed by atoms with Crippen LogP contribution in [0.25, 0.3) is 5.57 Å². The molecule has 3 rings (SSSR count). The lowest BCUT2D eigenvalue weighted by Crippen LogP contribution is -2.45. The highest BCUT2D eigenvalue weighted by atomic mass is 19.1. The molecule has 0 saturated carbocycles. The number of nitrogens with zero attached hydrogens (tertiary/aromatic N) is 2. The Labute approximate surface area is 165 Å². The molecular weight excluding hydrogens is 358 g/mol. The molecule has 0 aromatic heterocycles. The van der Waals surface area contributed by atoms with Crippen molar-refractivity contribution < 1.29 is 13.5 Å². The predicted molar refractivity (Wildman–Crippen MR) is 112 cm³/mol. The third kappa shape index (κ3) is 3.79. The van der Waals surface area contributed by atoms with Crippen LogP contribution in [0.3, 0.4) is 0 Å². The average Bonchev–Trinajstić information content (AvgIpc) is 2.63. The molecule has 28 heavy (non-hydrogen) atoms. The molecule has 0 saturated heterocycles. The largest absolute Gasteiger partial charge is 0.496 e. The summed E-state index contributed by atoms with van der Waals surface area (Å²) in [5.41, 5.74) is 4.14. The van der Waals surface area contributed by atoms with Gasteiger partial charge in [0, 0.05) is 41.7 Å². The zero-order chi connectivity index (χ0) is 20.5. The van der Waals surface area contributed by atoms with Gasteiger partial charge in [0.15, 0.2) is 5.82 Å². The number of hydrogen-bond acceptors (Lipinski definition) is 3. The fourth-order valence-corrected chi connectivity index (χ4v) is 3.76. The summed E-state index contributed by atoms with van der Waals surface area (Å²) in [6, 6.07) is 7.38. The van der Waals surface area contributed by atoms with Crippen molar-refractivity contribution in [3.8, 4) is 5.75 Å². The fourth-order valence-electron chi connectivity index (χ4n) is 3.76. The van der Waals surface area contributed by atoms with Gasteiger partial charge in [-0.1, -0.05) is 13.0 Å². The van der Waals surface area contributed by atoms with Gasteiger partial charge in [-0.2, -0.15) is 0 Å². The molecule has 0 bridgehead atoms. The van der Waals surface area contributed by atoms with Crippen LogP contribution in [0.4, 0.5) is 20.2 Å². The molecule has 0 N–H and O–H groups in total. The highest BCUT2D eigenvalue weighted by Crippen LogP contribution is 2.42. The highest BCUT2D eigenvalue weighted by Gasteiger charge is 2.31. The van der Waals surface area contributed by atoms with E-state index < -0.39 is 11.6 Å². The van der Waals surface area contributed by atoms with E-state index in [1.54, 1.807) is 13.3 Å². The van der Waals surface area contributed by atoms with E-state index in [0.717, 1.165) is 35.8 Å². The second kappa shape index (κ2) is 7.74. The summed E-state index contributed by atoms with van der Waals surface area (Å²) >= 11 is 0. The molecule has 0 spiro atoms. The number of benzene rings is 2. The lowest BCUT2D eigenvalue weighted by molar-refractivity contribution is 0.413. The van der Waals surface area contributed by atoms with Crippen molar-refractivity contribution >= 4 is 23.2 Å². The van der Waals surface area contributed by atoms with Crippen LogP contribution in [0.1, 0.15) is 45.2 Å². The predicted octanol–water partition coefficient (Wildman–Crippen LogP) is 6.14. The summed E-state index contributed by atoms with van der Waals surface area (Å²) in [5, 5.41) is 0. The van der Waals surface area contributed by atoms with Crippen molar-refractivity contribution in [1.29, 1.82) is 0 Å². The summed E-state index contributed by atoms with van der Waals surface area (Å²) in [4.78, 5) is 6.58. The van der Waals surface area contributed by atoms with E-state index in [4.69, 9.17) is 4.74 Å². The number of halogens is 2. The Morgan fingerprint density at radius 2 is 1.93 bits per heavy atom. The van der Waals surface area contributed by atoms with E-state index in [2.05, 4.69) is 43.7 Å². The molecule has 1 aliphatic heterocycles. The lowest BCUT2D eigenvalue weighted by atomic mass is 9.87. The molecule has 2 aromatic carbocycles. The summed E-state index contributed by atoms with van der Waals surface area (Å²) in [6.45, 7) is 9.59. The number of rotatable bonds is 5. The second-order valence-corrected chi connectivity index (χ2v) is 7.60. The van der Waals surface area contributed by atoms with E-state index in [1.165, 1.54) is 17.7 Å². The molecule has 1 aliphatic rings. The second-order valence-electron chi connectivity index (χ2n) is 7.60. The van der Waals surface area contributed by atoms with Gasteiger partial charge in [0.2, 0.25) is 0 Å². The number of fused-ring (bicyclic) bond motifs is 1. The molecular formula is C23H26F2N2O. The van der Waals surface area contributed by atoms with Crippen molar-refractivity contribution in [2.24, 2.45) is 4.99 Å². The van der Waals surface area contributed by atoms with Crippen molar-refractivity contribution in [2.45, 2.75) is 39.7 Å². The minimum atomic E-state index is -0.694. The summed E-state index contributed by atoms with van der Waals surface area (Å²) in [7, 11) is 1.61. The molecule has 0 atom stereocenters. The van der Waals surface area contributed by atoms with E-state index in [9.17, 15) is 8.78 Å². The quantitative estimate of drug-likeness (QED) is 0.579. The Morgan fingerprint density at radius 1 is 1.18 bits per heavy atom. The van der Waals surface area contributed by atoms with E-state index in [0.29, 0.717) is 5.75 Å². The monoisotopic (exact) mass is 384 g/mol. The number of ether oxygens (including phenoxy) is 1. The third-order valence-electron chi connectivity index (χ3n) is 5.03. The van der Waals surface area contributed by atoms with E-state index in [-0.39, 0.29) is 11.2 Å². The molecule has 0 unspecified atom stereocenters. The minimum absolute atomic E-state index is 0.0854. The van der Waals surface area contributed by atoms with Gasteiger partial charge in [-0.3, -0.25) is 4.99 Å². The molecule has 0 fully saturated rings. The minimum Gasteiger partial charge on any atom is -0.496 e. The van der Waals surface area contributed by atoms with Crippen LogP contribution < -0.4 is 9.64 Å². The number of anilines is 1. The first kappa shape index (κ1) is 20.1. The standard InChI is InChI=1S/C23H26F2N2O/c1-6-9-27-21-12-22(28-5)16(10-18(21)15(2)13-23(27,3)4)14-26-20-8-7-17(24)11-19(20)25/h7-8,10-14H,6,9H2,1-5H3. The van der Waals surface area contributed by atoms with Crippen molar-refractivity contribution in [2.75, 3.05) is 18.6 Å². The van der Waals surface area contributed by atoms with Gasteiger partial charge in [0.1, 0.15) is 11.6 Å². The Hall–Kier alpha value is -2.69. The Bertz CT molecular complexity index is 948. The zero-order valence-electron chi connectivity index (χ0n) is 17.0. The van der Waals surface area contributed by atoms with Gasteiger partial charge in [0.05, 0.1) is 18.3 Å². The van der Waals surface area contributed by atoms with E-state index >= 15 is 0 Å². The molecule has 3 nitrogen and oxygen atoms in total. The van der Waals surface area contributed by atoms with Crippen LogP contribution in [-0.4, -0.2) is 25.4 Å². The van der Waals surface area contributed by atoms with Gasteiger partial charge in [-0.05, 0) is 51.0 Å². The maximum absolute atomic E-state index is 13.9. The van der Waals surface area contributed by atoms with Crippen LogP contribution in [0, 0.1) is 11.6 Å². The van der Waals surface area contributed by atoms with E-state index in [1.807, 2.05) is 12.1 Å². The molecule has 0 radical (unpaired) electrons. The Balaban J connectivity index is 2.07. The first-order valence-electron chi connectivity index (χ1n) is 9.45. The number of hydrogen-bond donors (Lipinski definition) is 0. The van der Waals surface area contributed by atoms with Crippen LogP contribution in [0.5, 0.6) is 5.75 Å². The Kier molecular flexibility index (Phi) is 5.54.